The van der Waals surface area contributed by atoms with E-state index in [1.807, 2.05) is 0 Å². The summed E-state index contributed by atoms with van der Waals surface area (Å²) in [4.78, 5) is 4.32. The van der Waals surface area contributed by atoms with E-state index < -0.39 is 0 Å². The molecule has 0 fully saturated rings. The molecular formula is C5H8N2O. The summed E-state index contributed by atoms with van der Waals surface area (Å²) in [5, 5.41) is 3.35. The monoisotopic (exact) mass is 112 g/mol. The summed E-state index contributed by atoms with van der Waals surface area (Å²) in [6.07, 6.45) is 1.42. The average molecular weight is 112 g/mol. The van der Waals surface area contributed by atoms with Crippen LogP contribution in [0.25, 0.3) is 0 Å². The van der Waals surface area contributed by atoms with Crippen molar-refractivity contribution in [3.8, 4) is 0 Å². The van der Waals surface area contributed by atoms with Crippen molar-refractivity contribution in [1.29, 1.82) is 0 Å². The van der Waals surface area contributed by atoms with Crippen molar-refractivity contribution in [2.45, 2.75) is 0 Å². The minimum atomic E-state index is 0.266. The Labute approximate surface area is 48.1 Å². The Hall–Kier alpha value is -1.21. The van der Waals surface area contributed by atoms with Crippen LogP contribution in [0.1, 0.15) is 0 Å². The first kappa shape index (κ1) is 6.79. The van der Waals surface area contributed by atoms with Crippen LogP contribution in [-0.4, -0.2) is 12.9 Å². The molecule has 0 aromatic rings. The highest BCUT2D eigenvalue weighted by atomic mass is 16.6. The maximum atomic E-state index is 5.16. The number of amidine groups is 1. The molecule has 0 bridgehead atoms. The summed E-state index contributed by atoms with van der Waals surface area (Å²) >= 11 is 0. The SMILES string of the molecule is C=C=CC(N)=NOC. The second-order valence-electron chi connectivity index (χ2n) is 1.05. The number of hydrogen-bond donors (Lipinski definition) is 1. The quantitative estimate of drug-likeness (QED) is 0.241. The lowest BCUT2D eigenvalue weighted by molar-refractivity contribution is 0.213. The van der Waals surface area contributed by atoms with E-state index in [-0.39, 0.29) is 5.84 Å². The summed E-state index contributed by atoms with van der Waals surface area (Å²) in [5.41, 5.74) is 7.60. The van der Waals surface area contributed by atoms with Gasteiger partial charge in [-0.3, -0.25) is 0 Å². The summed E-state index contributed by atoms with van der Waals surface area (Å²) in [6.45, 7) is 3.29. The van der Waals surface area contributed by atoms with Crippen LogP contribution in [0.5, 0.6) is 0 Å². The second kappa shape index (κ2) is 3.96. The molecule has 0 saturated carbocycles. The van der Waals surface area contributed by atoms with Gasteiger partial charge in [-0.1, -0.05) is 11.7 Å². The highest BCUT2D eigenvalue weighted by molar-refractivity contribution is 5.90. The number of rotatable bonds is 2. The van der Waals surface area contributed by atoms with Gasteiger partial charge in [0.05, 0.1) is 0 Å². The van der Waals surface area contributed by atoms with Gasteiger partial charge in [-0.05, 0) is 0 Å². The Morgan fingerprint density at radius 2 is 2.62 bits per heavy atom. The van der Waals surface area contributed by atoms with Crippen LogP contribution in [0.4, 0.5) is 0 Å². The van der Waals surface area contributed by atoms with Crippen LogP contribution in [0.2, 0.25) is 0 Å². The molecule has 0 aliphatic rings. The molecule has 0 radical (unpaired) electrons. The zero-order valence-corrected chi connectivity index (χ0v) is 4.72. The Morgan fingerprint density at radius 1 is 2.00 bits per heavy atom. The van der Waals surface area contributed by atoms with Crippen molar-refractivity contribution < 1.29 is 4.84 Å². The minimum Gasteiger partial charge on any atom is -0.397 e. The fourth-order valence-corrected chi connectivity index (χ4v) is 0.236. The first-order valence-corrected chi connectivity index (χ1v) is 2.03. The second-order valence-corrected chi connectivity index (χ2v) is 1.05. The van der Waals surface area contributed by atoms with E-state index in [0.29, 0.717) is 0 Å². The molecule has 3 nitrogen and oxygen atoms in total. The van der Waals surface area contributed by atoms with E-state index in [2.05, 4.69) is 22.3 Å². The number of nitrogens with two attached hydrogens (primary N) is 1. The Kier molecular flexibility index (Phi) is 3.36. The molecule has 0 aliphatic heterocycles. The zero-order chi connectivity index (χ0) is 6.41. The Morgan fingerprint density at radius 3 is 3.00 bits per heavy atom. The molecule has 0 aliphatic carbocycles. The van der Waals surface area contributed by atoms with Crippen molar-refractivity contribution >= 4 is 5.84 Å². The van der Waals surface area contributed by atoms with Crippen LogP contribution in [0, 0.1) is 0 Å². The minimum absolute atomic E-state index is 0.266. The Balaban J connectivity index is 3.79. The van der Waals surface area contributed by atoms with Gasteiger partial charge in [0.2, 0.25) is 0 Å². The standard InChI is InChI=1S/C5H8N2O/c1-3-4-5(6)7-8-2/h4H,1H2,2H3,(H2,6,7). The normalized spacial score (nSPS) is 9.88. The molecule has 3 heteroatoms. The van der Waals surface area contributed by atoms with Gasteiger partial charge < -0.3 is 10.6 Å². The lowest BCUT2D eigenvalue weighted by Crippen LogP contribution is -2.06. The third kappa shape index (κ3) is 3.00. The van der Waals surface area contributed by atoms with Gasteiger partial charge in [-0.25, -0.2) is 0 Å². The topological polar surface area (TPSA) is 47.6 Å². The molecule has 0 spiro atoms. The van der Waals surface area contributed by atoms with Gasteiger partial charge in [0, 0.05) is 6.08 Å². The van der Waals surface area contributed by atoms with Gasteiger partial charge in [0.25, 0.3) is 0 Å². The van der Waals surface area contributed by atoms with Gasteiger partial charge in [-0.15, -0.1) is 5.73 Å². The number of nitrogens with zero attached hydrogens (tertiary/aromatic N) is 1. The molecule has 2 N–H and O–H groups in total. The van der Waals surface area contributed by atoms with Crippen LogP contribution >= 0.6 is 0 Å². The molecule has 0 aromatic carbocycles. The smallest absolute Gasteiger partial charge is 0.170 e. The van der Waals surface area contributed by atoms with E-state index in [1.165, 1.54) is 13.2 Å². The van der Waals surface area contributed by atoms with Crippen molar-refractivity contribution in [3.63, 3.8) is 0 Å². The fraction of sp³-hybridized carbons (Fsp3) is 0.200. The molecule has 8 heavy (non-hydrogen) atoms. The number of oxime groups is 1. The first-order valence-electron chi connectivity index (χ1n) is 2.03. The molecule has 0 aromatic heterocycles. The number of hydrogen-bond acceptors (Lipinski definition) is 2. The third-order valence-corrected chi connectivity index (χ3v) is 0.447. The lowest BCUT2D eigenvalue weighted by Gasteiger charge is -1.85. The van der Waals surface area contributed by atoms with Gasteiger partial charge >= 0.3 is 0 Å². The van der Waals surface area contributed by atoms with Gasteiger partial charge in [-0.2, -0.15) is 0 Å². The van der Waals surface area contributed by atoms with Crippen LogP contribution in [0.15, 0.2) is 23.5 Å². The van der Waals surface area contributed by atoms with E-state index in [4.69, 9.17) is 5.73 Å². The van der Waals surface area contributed by atoms with E-state index in [1.54, 1.807) is 0 Å². The van der Waals surface area contributed by atoms with E-state index >= 15 is 0 Å². The highest BCUT2D eigenvalue weighted by Gasteiger charge is 1.76. The maximum absolute atomic E-state index is 5.16. The maximum Gasteiger partial charge on any atom is 0.170 e. The molecule has 0 rings (SSSR count). The summed E-state index contributed by atoms with van der Waals surface area (Å²) in [5.74, 6) is 0.266. The van der Waals surface area contributed by atoms with Gasteiger partial charge in [0.15, 0.2) is 5.84 Å². The Bertz CT molecular complexity index is 133. The molecule has 0 heterocycles. The molecule has 0 saturated heterocycles. The van der Waals surface area contributed by atoms with Crippen molar-refractivity contribution in [2.75, 3.05) is 7.11 Å². The van der Waals surface area contributed by atoms with Crippen molar-refractivity contribution in [2.24, 2.45) is 10.9 Å². The van der Waals surface area contributed by atoms with Crippen molar-refractivity contribution in [1.82, 2.24) is 0 Å². The molecule has 0 amide bonds. The van der Waals surface area contributed by atoms with Crippen molar-refractivity contribution in [3.05, 3.63) is 18.4 Å². The van der Waals surface area contributed by atoms with Crippen LogP contribution < -0.4 is 5.73 Å². The van der Waals surface area contributed by atoms with E-state index in [0.717, 1.165) is 0 Å². The van der Waals surface area contributed by atoms with Crippen LogP contribution in [0.3, 0.4) is 0 Å². The summed E-state index contributed by atoms with van der Waals surface area (Å²) in [6, 6.07) is 0. The zero-order valence-electron chi connectivity index (χ0n) is 4.72. The largest absolute Gasteiger partial charge is 0.397 e. The molecule has 44 valence electrons. The predicted molar refractivity (Wildman–Crippen MR) is 32.3 cm³/mol. The fourth-order valence-electron chi connectivity index (χ4n) is 0.236. The van der Waals surface area contributed by atoms with E-state index in [9.17, 15) is 0 Å². The first-order chi connectivity index (χ1) is 3.81. The molecule has 0 atom stereocenters. The summed E-state index contributed by atoms with van der Waals surface area (Å²) < 4.78 is 0. The average Bonchev–Trinajstić information content (AvgIpc) is 1.68. The van der Waals surface area contributed by atoms with Crippen LogP contribution in [-0.2, 0) is 4.84 Å². The molecule has 0 unspecified atom stereocenters. The molecular weight excluding hydrogens is 104 g/mol. The highest BCUT2D eigenvalue weighted by Crippen LogP contribution is 1.70. The lowest BCUT2D eigenvalue weighted by atomic mass is 10.6. The predicted octanol–water partition coefficient (Wildman–Crippen LogP) is 0.246. The summed E-state index contributed by atoms with van der Waals surface area (Å²) in [7, 11) is 1.42. The third-order valence-electron chi connectivity index (χ3n) is 0.447. The van der Waals surface area contributed by atoms with Gasteiger partial charge in [0.1, 0.15) is 7.11 Å².